The smallest absolute Gasteiger partial charge is 0.308 e. The van der Waals surface area contributed by atoms with Crippen LogP contribution in [-0.2, 0) is 23.5 Å². The van der Waals surface area contributed by atoms with Crippen molar-refractivity contribution in [3.05, 3.63) is 12.2 Å². The SMILES string of the molecule is CC[C@H]1OC(C)(C)O[C@@]1(C)/C=C/C(=O)[C@H](C)C[C@H](C)[C@H](O[Si](C)(C)C(C)(C)C)[C@@H](C)C(=O)O. The summed E-state index contributed by atoms with van der Waals surface area (Å²) in [5.41, 5.74) is -0.662. The molecule has 0 aromatic carbocycles. The van der Waals surface area contributed by atoms with Crippen molar-refractivity contribution >= 4 is 20.1 Å². The van der Waals surface area contributed by atoms with E-state index in [1.54, 1.807) is 13.0 Å². The monoisotopic (exact) mass is 484 g/mol. The molecule has 0 radical (unpaired) electrons. The number of carbonyl (C=O) groups is 2. The number of carbonyl (C=O) groups excluding carboxylic acids is 1. The maximum atomic E-state index is 13.0. The van der Waals surface area contributed by atoms with E-state index < -0.39 is 37.7 Å². The van der Waals surface area contributed by atoms with E-state index in [9.17, 15) is 14.7 Å². The molecule has 0 amide bonds. The first-order chi connectivity index (χ1) is 14.8. The first-order valence-electron chi connectivity index (χ1n) is 12.3. The fourth-order valence-corrected chi connectivity index (χ4v) is 5.77. The minimum absolute atomic E-state index is 0.000267. The fraction of sp³-hybridized carbons (Fsp3) is 0.846. The van der Waals surface area contributed by atoms with E-state index in [4.69, 9.17) is 13.9 Å². The van der Waals surface area contributed by atoms with Gasteiger partial charge in [-0.25, -0.2) is 0 Å². The van der Waals surface area contributed by atoms with Crippen molar-refractivity contribution < 1.29 is 28.6 Å². The number of rotatable bonds is 11. The lowest BCUT2D eigenvalue weighted by Crippen LogP contribution is -2.48. The van der Waals surface area contributed by atoms with Gasteiger partial charge < -0.3 is 19.0 Å². The predicted octanol–water partition coefficient (Wildman–Crippen LogP) is 6.21. The van der Waals surface area contributed by atoms with Gasteiger partial charge in [0.05, 0.1) is 18.1 Å². The Kier molecular flexibility index (Phi) is 9.74. The highest BCUT2D eigenvalue weighted by Gasteiger charge is 2.48. The summed E-state index contributed by atoms with van der Waals surface area (Å²) in [7, 11) is -2.18. The lowest BCUT2D eigenvalue weighted by Gasteiger charge is -2.42. The van der Waals surface area contributed by atoms with Gasteiger partial charge in [0, 0.05) is 5.92 Å². The van der Waals surface area contributed by atoms with Crippen molar-refractivity contribution in [3.8, 4) is 0 Å². The molecule has 0 aromatic rings. The molecule has 1 saturated heterocycles. The van der Waals surface area contributed by atoms with Crippen LogP contribution >= 0.6 is 0 Å². The van der Waals surface area contributed by atoms with Gasteiger partial charge in [-0.3, -0.25) is 9.59 Å². The quantitative estimate of drug-likeness (QED) is 0.277. The second kappa shape index (κ2) is 10.7. The van der Waals surface area contributed by atoms with Gasteiger partial charge in [0.15, 0.2) is 19.9 Å². The third-order valence-electron chi connectivity index (χ3n) is 7.37. The summed E-state index contributed by atoms with van der Waals surface area (Å²) in [6.07, 6.45) is 4.20. The van der Waals surface area contributed by atoms with Crippen LogP contribution in [0.1, 0.15) is 82.1 Å². The molecule has 6 nitrogen and oxygen atoms in total. The number of carboxylic acids is 1. The molecule has 1 N–H and O–H groups in total. The zero-order chi connectivity index (χ0) is 26.0. The summed E-state index contributed by atoms with van der Waals surface area (Å²) in [6, 6.07) is 0. The third kappa shape index (κ3) is 7.74. The van der Waals surface area contributed by atoms with Gasteiger partial charge in [-0.1, -0.05) is 41.5 Å². The topological polar surface area (TPSA) is 82.1 Å². The Morgan fingerprint density at radius 1 is 1.15 bits per heavy atom. The largest absolute Gasteiger partial charge is 0.481 e. The second-order valence-corrected chi connectivity index (χ2v) is 16.8. The van der Waals surface area contributed by atoms with Gasteiger partial charge in [-0.05, 0) is 76.7 Å². The Morgan fingerprint density at radius 3 is 2.15 bits per heavy atom. The van der Waals surface area contributed by atoms with E-state index in [1.165, 1.54) is 0 Å². The Bertz CT molecular complexity index is 723. The molecule has 0 bridgehead atoms. The maximum absolute atomic E-state index is 13.0. The molecule has 1 aliphatic rings. The van der Waals surface area contributed by atoms with Gasteiger partial charge in [0.2, 0.25) is 0 Å². The third-order valence-corrected chi connectivity index (χ3v) is 11.8. The zero-order valence-corrected chi connectivity index (χ0v) is 23.9. The highest BCUT2D eigenvalue weighted by Crippen LogP contribution is 2.41. The van der Waals surface area contributed by atoms with Crippen molar-refractivity contribution in [2.45, 2.75) is 124 Å². The number of carboxylic acid groups (broad SMARTS) is 1. The van der Waals surface area contributed by atoms with E-state index in [0.717, 1.165) is 6.42 Å². The van der Waals surface area contributed by atoms with Crippen LogP contribution in [0.3, 0.4) is 0 Å². The Hall–Kier alpha value is -1.02. The molecule has 7 heteroatoms. The number of hydrogen-bond acceptors (Lipinski definition) is 5. The van der Waals surface area contributed by atoms with Crippen LogP contribution in [0.2, 0.25) is 18.1 Å². The van der Waals surface area contributed by atoms with E-state index in [-0.39, 0.29) is 28.8 Å². The highest BCUT2D eigenvalue weighted by molar-refractivity contribution is 6.74. The van der Waals surface area contributed by atoms with Crippen LogP contribution in [0.15, 0.2) is 12.2 Å². The Morgan fingerprint density at radius 2 is 1.70 bits per heavy atom. The van der Waals surface area contributed by atoms with Crippen molar-refractivity contribution in [1.82, 2.24) is 0 Å². The van der Waals surface area contributed by atoms with Crippen LogP contribution in [0.25, 0.3) is 0 Å². The zero-order valence-electron chi connectivity index (χ0n) is 22.9. The number of ketones is 1. The minimum Gasteiger partial charge on any atom is -0.481 e. The Labute approximate surface area is 202 Å². The molecule has 6 atom stereocenters. The number of aliphatic carboxylic acids is 1. The van der Waals surface area contributed by atoms with Gasteiger partial charge in [0.1, 0.15) is 5.60 Å². The second-order valence-electron chi connectivity index (χ2n) is 12.0. The van der Waals surface area contributed by atoms with Gasteiger partial charge >= 0.3 is 5.97 Å². The molecule has 0 unspecified atom stereocenters. The van der Waals surface area contributed by atoms with Crippen LogP contribution in [0.5, 0.6) is 0 Å². The summed E-state index contributed by atoms with van der Waals surface area (Å²) in [5, 5.41) is 9.67. The van der Waals surface area contributed by atoms with Crippen molar-refractivity contribution in [1.29, 1.82) is 0 Å². The molecule has 1 heterocycles. The molecule has 1 rings (SSSR count). The molecule has 0 saturated carbocycles. The lowest BCUT2D eigenvalue weighted by molar-refractivity contribution is -0.153. The first-order valence-corrected chi connectivity index (χ1v) is 15.2. The average Bonchev–Trinajstić information content (AvgIpc) is 2.90. The molecule has 0 aromatic heterocycles. The number of allylic oxidation sites excluding steroid dienone is 1. The molecular weight excluding hydrogens is 436 g/mol. The van der Waals surface area contributed by atoms with Crippen LogP contribution < -0.4 is 0 Å². The minimum atomic E-state index is -2.18. The summed E-state index contributed by atoms with van der Waals surface area (Å²) >= 11 is 0. The van der Waals surface area contributed by atoms with Crippen molar-refractivity contribution in [3.63, 3.8) is 0 Å². The summed E-state index contributed by atoms with van der Waals surface area (Å²) in [6.45, 7) is 24.0. The lowest BCUT2D eigenvalue weighted by atomic mass is 9.85. The first kappa shape index (κ1) is 30.0. The normalized spacial score (nSPS) is 27.3. The van der Waals surface area contributed by atoms with Crippen LogP contribution in [-0.4, -0.2) is 48.8 Å². The number of hydrogen-bond donors (Lipinski definition) is 1. The number of ether oxygens (including phenoxy) is 2. The summed E-state index contributed by atoms with van der Waals surface area (Å²) in [5.74, 6) is -2.56. The van der Waals surface area contributed by atoms with Crippen LogP contribution in [0.4, 0.5) is 0 Å². The molecule has 33 heavy (non-hydrogen) atoms. The van der Waals surface area contributed by atoms with E-state index >= 15 is 0 Å². The van der Waals surface area contributed by atoms with Crippen molar-refractivity contribution in [2.24, 2.45) is 17.8 Å². The van der Waals surface area contributed by atoms with Gasteiger partial charge in [-0.15, -0.1) is 0 Å². The van der Waals surface area contributed by atoms with Gasteiger partial charge in [-0.2, -0.15) is 0 Å². The van der Waals surface area contributed by atoms with Gasteiger partial charge in [0.25, 0.3) is 0 Å². The highest BCUT2D eigenvalue weighted by atomic mass is 28.4. The molecule has 1 aliphatic heterocycles. The molecule has 0 spiro atoms. The average molecular weight is 485 g/mol. The van der Waals surface area contributed by atoms with Crippen LogP contribution in [0, 0.1) is 17.8 Å². The fourth-order valence-electron chi connectivity index (χ4n) is 4.30. The molecule has 192 valence electrons. The maximum Gasteiger partial charge on any atom is 0.308 e. The van der Waals surface area contributed by atoms with Crippen molar-refractivity contribution in [2.75, 3.05) is 0 Å². The Balaban J connectivity index is 2.97. The molecule has 1 fully saturated rings. The summed E-state index contributed by atoms with van der Waals surface area (Å²) in [4.78, 5) is 24.8. The molecule has 0 aliphatic carbocycles. The standard InChI is InChI=1S/C26H48O6Si/c1-13-21-26(10,32-25(8,9)30-21)15-14-20(27)17(2)16-18(3)22(19(4)23(28)29)31-33(11,12)24(5,6)7/h14-15,17-19,21-22H,13,16H2,1-12H3,(H,28,29)/b15-14+/t17-,18+,19-,21-,22+,26+/m1/s1. The van der Waals surface area contributed by atoms with E-state index in [0.29, 0.717) is 6.42 Å². The van der Waals surface area contributed by atoms with E-state index in [1.807, 2.05) is 47.6 Å². The predicted molar refractivity (Wildman–Crippen MR) is 135 cm³/mol. The molecular formula is C26H48O6Si. The summed E-state index contributed by atoms with van der Waals surface area (Å²) < 4.78 is 18.6. The van der Waals surface area contributed by atoms with E-state index in [2.05, 4.69) is 33.9 Å².